The summed E-state index contributed by atoms with van der Waals surface area (Å²) < 4.78 is 5.14. The van der Waals surface area contributed by atoms with Crippen LogP contribution in [0, 0.1) is 0 Å². The van der Waals surface area contributed by atoms with Gasteiger partial charge in [0.05, 0.1) is 5.60 Å². The highest BCUT2D eigenvalue weighted by molar-refractivity contribution is 5.67. The van der Waals surface area contributed by atoms with E-state index in [1.807, 2.05) is 27.7 Å². The van der Waals surface area contributed by atoms with E-state index in [1.165, 1.54) is 0 Å². The Hall–Kier alpha value is -0.810. The molecule has 0 spiro atoms. The van der Waals surface area contributed by atoms with Crippen LogP contribution in [0.3, 0.4) is 0 Å². The van der Waals surface area contributed by atoms with Gasteiger partial charge in [0.1, 0.15) is 5.60 Å². The monoisotopic (exact) mass is 230 g/mol. The first-order valence-electron chi connectivity index (χ1n) is 5.58. The van der Waals surface area contributed by atoms with Crippen molar-refractivity contribution in [1.82, 2.24) is 10.4 Å². The molecule has 1 rings (SSSR count). The summed E-state index contributed by atoms with van der Waals surface area (Å²) in [5.74, 6) is 0. The maximum atomic E-state index is 11.5. The molecule has 2 N–H and O–H groups in total. The van der Waals surface area contributed by atoms with E-state index in [1.54, 1.807) is 11.9 Å². The number of nitrogens with one attached hydrogen (secondary N) is 1. The van der Waals surface area contributed by atoms with Crippen LogP contribution in [0.1, 0.15) is 41.0 Å². The molecule has 0 aromatic rings. The van der Waals surface area contributed by atoms with E-state index in [4.69, 9.17) is 4.74 Å². The van der Waals surface area contributed by atoms with Gasteiger partial charge in [0, 0.05) is 12.6 Å². The molecule has 0 radical (unpaired) electrons. The number of hydrogen-bond donors (Lipinski definition) is 2. The van der Waals surface area contributed by atoms with Crippen LogP contribution in [0.5, 0.6) is 0 Å². The van der Waals surface area contributed by atoms with Gasteiger partial charge in [-0.1, -0.05) is 0 Å². The Labute approximate surface area is 96.7 Å². The van der Waals surface area contributed by atoms with E-state index < -0.39 is 17.3 Å². The van der Waals surface area contributed by atoms with Crippen molar-refractivity contribution in [3.63, 3.8) is 0 Å². The zero-order chi connectivity index (χ0) is 12.6. The van der Waals surface area contributed by atoms with E-state index in [2.05, 4.69) is 5.43 Å². The van der Waals surface area contributed by atoms with Crippen LogP contribution < -0.4 is 5.43 Å². The molecule has 0 saturated carbocycles. The lowest BCUT2D eigenvalue weighted by molar-refractivity contribution is 0.0244. The standard InChI is InChI=1S/C11H22N2O3/c1-8-6-11(5,15)7-13(8)12-9(14)16-10(2,3)4/h8,15H,6-7H2,1-5H3,(H,12,14)/t8-,11+/m1/s1. The molecule has 5 nitrogen and oxygen atoms in total. The fraction of sp³-hybridized carbons (Fsp3) is 0.909. The molecular weight excluding hydrogens is 208 g/mol. The number of hydrogen-bond acceptors (Lipinski definition) is 4. The molecule has 1 saturated heterocycles. The normalized spacial score (nSPS) is 31.5. The molecule has 1 heterocycles. The first-order chi connectivity index (χ1) is 7.09. The van der Waals surface area contributed by atoms with Crippen molar-refractivity contribution in [2.24, 2.45) is 0 Å². The number of rotatable bonds is 1. The molecule has 1 fully saturated rings. The SMILES string of the molecule is C[C@@H]1C[C@](C)(O)CN1NC(=O)OC(C)(C)C. The van der Waals surface area contributed by atoms with Gasteiger partial charge in [-0.2, -0.15) is 0 Å². The lowest BCUT2D eigenvalue weighted by atomic mass is 10.0. The molecule has 94 valence electrons. The van der Waals surface area contributed by atoms with E-state index >= 15 is 0 Å². The minimum atomic E-state index is -0.742. The van der Waals surface area contributed by atoms with Crippen LogP contribution in [0.25, 0.3) is 0 Å². The van der Waals surface area contributed by atoms with Crippen LogP contribution in [0.2, 0.25) is 0 Å². The second-order valence-electron chi connectivity index (χ2n) is 5.79. The van der Waals surface area contributed by atoms with Gasteiger partial charge in [0.25, 0.3) is 0 Å². The van der Waals surface area contributed by atoms with Crippen molar-refractivity contribution >= 4 is 6.09 Å². The highest BCUT2D eigenvalue weighted by Gasteiger charge is 2.38. The lowest BCUT2D eigenvalue weighted by Crippen LogP contribution is -2.47. The zero-order valence-corrected chi connectivity index (χ0v) is 10.7. The van der Waals surface area contributed by atoms with Gasteiger partial charge in [-0.15, -0.1) is 0 Å². The molecule has 0 aromatic carbocycles. The third-order valence-corrected chi connectivity index (χ3v) is 2.41. The number of amides is 1. The van der Waals surface area contributed by atoms with Crippen molar-refractivity contribution in [3.8, 4) is 0 Å². The Morgan fingerprint density at radius 3 is 2.50 bits per heavy atom. The number of carbonyl (C=O) groups is 1. The van der Waals surface area contributed by atoms with Crippen molar-refractivity contribution in [2.75, 3.05) is 6.54 Å². The number of nitrogens with zero attached hydrogens (tertiary/aromatic N) is 1. The highest BCUT2D eigenvalue weighted by Crippen LogP contribution is 2.24. The molecule has 1 aliphatic rings. The number of β-amino-alcohol motifs (C(OH)–C–C–N with tert-alkyl or cyclic N) is 1. The second-order valence-corrected chi connectivity index (χ2v) is 5.79. The van der Waals surface area contributed by atoms with E-state index in [0.29, 0.717) is 13.0 Å². The summed E-state index contributed by atoms with van der Waals surface area (Å²) in [4.78, 5) is 11.5. The summed E-state index contributed by atoms with van der Waals surface area (Å²) in [6.07, 6.45) is 0.167. The van der Waals surface area contributed by atoms with Crippen LogP contribution in [-0.4, -0.2) is 40.0 Å². The predicted octanol–water partition coefficient (Wildman–Crippen LogP) is 1.27. The maximum Gasteiger partial charge on any atom is 0.422 e. The third kappa shape index (κ3) is 3.98. The molecule has 0 aliphatic carbocycles. The summed E-state index contributed by atoms with van der Waals surface area (Å²) in [5.41, 5.74) is 1.41. The van der Waals surface area contributed by atoms with E-state index in [9.17, 15) is 9.90 Å². The maximum absolute atomic E-state index is 11.5. The fourth-order valence-corrected chi connectivity index (χ4v) is 1.90. The smallest absolute Gasteiger partial charge is 0.422 e. The Morgan fingerprint density at radius 2 is 2.12 bits per heavy atom. The predicted molar refractivity (Wildman–Crippen MR) is 60.8 cm³/mol. The molecule has 0 aromatic heterocycles. The molecule has 1 aliphatic heterocycles. The minimum Gasteiger partial charge on any atom is -0.443 e. The van der Waals surface area contributed by atoms with Crippen LogP contribution in [-0.2, 0) is 4.74 Å². The molecule has 16 heavy (non-hydrogen) atoms. The van der Waals surface area contributed by atoms with Gasteiger partial charge in [-0.05, 0) is 41.0 Å². The van der Waals surface area contributed by atoms with Crippen LogP contribution in [0.4, 0.5) is 4.79 Å². The van der Waals surface area contributed by atoms with Gasteiger partial charge in [-0.25, -0.2) is 9.80 Å². The van der Waals surface area contributed by atoms with Crippen molar-refractivity contribution in [1.29, 1.82) is 0 Å². The summed E-state index contributed by atoms with van der Waals surface area (Å²) in [6, 6.07) is 0.113. The topological polar surface area (TPSA) is 61.8 Å². The Bertz CT molecular complexity index is 271. The Balaban J connectivity index is 2.47. The Kier molecular flexibility index (Phi) is 3.50. The van der Waals surface area contributed by atoms with Gasteiger partial charge >= 0.3 is 6.09 Å². The van der Waals surface area contributed by atoms with Crippen LogP contribution in [0.15, 0.2) is 0 Å². The first-order valence-corrected chi connectivity index (χ1v) is 5.58. The quantitative estimate of drug-likeness (QED) is 0.712. The molecule has 5 heteroatoms. The molecule has 0 unspecified atom stereocenters. The van der Waals surface area contributed by atoms with E-state index in [-0.39, 0.29) is 6.04 Å². The van der Waals surface area contributed by atoms with Crippen LogP contribution >= 0.6 is 0 Å². The average molecular weight is 230 g/mol. The largest absolute Gasteiger partial charge is 0.443 e. The summed E-state index contributed by atoms with van der Waals surface area (Å²) >= 11 is 0. The van der Waals surface area contributed by atoms with Crippen molar-refractivity contribution in [2.45, 2.75) is 58.3 Å². The van der Waals surface area contributed by atoms with E-state index in [0.717, 1.165) is 0 Å². The van der Waals surface area contributed by atoms with Gasteiger partial charge in [-0.3, -0.25) is 5.43 Å². The average Bonchev–Trinajstić information content (AvgIpc) is 2.19. The second kappa shape index (κ2) is 4.22. The summed E-state index contributed by atoms with van der Waals surface area (Å²) in [7, 11) is 0. The zero-order valence-electron chi connectivity index (χ0n) is 10.7. The fourth-order valence-electron chi connectivity index (χ4n) is 1.90. The first kappa shape index (κ1) is 13.3. The minimum absolute atomic E-state index is 0.113. The molecule has 0 bridgehead atoms. The number of hydrazine groups is 1. The van der Waals surface area contributed by atoms with Gasteiger partial charge in [0.2, 0.25) is 0 Å². The number of aliphatic hydroxyl groups is 1. The molecule has 1 amide bonds. The van der Waals surface area contributed by atoms with Gasteiger partial charge in [0.15, 0.2) is 0 Å². The number of ether oxygens (including phenoxy) is 1. The summed E-state index contributed by atoms with van der Waals surface area (Å²) in [6.45, 7) is 9.59. The highest BCUT2D eigenvalue weighted by atomic mass is 16.6. The Morgan fingerprint density at radius 1 is 1.56 bits per heavy atom. The summed E-state index contributed by atoms with van der Waals surface area (Å²) in [5, 5.41) is 11.6. The lowest BCUT2D eigenvalue weighted by Gasteiger charge is -2.25. The molecule has 2 atom stereocenters. The number of carbonyl (C=O) groups excluding carboxylic acids is 1. The van der Waals surface area contributed by atoms with Crippen molar-refractivity contribution < 1.29 is 14.6 Å². The molecular formula is C11H22N2O3. The van der Waals surface area contributed by atoms with Gasteiger partial charge < -0.3 is 9.84 Å². The third-order valence-electron chi connectivity index (χ3n) is 2.41. The van der Waals surface area contributed by atoms with Crippen molar-refractivity contribution in [3.05, 3.63) is 0 Å².